The molecular weight excluding hydrogens is 302 g/mol. The molecule has 1 aliphatic heterocycles. The minimum atomic E-state index is 0.422. The third-order valence-electron chi connectivity index (χ3n) is 3.55. The van der Waals surface area contributed by atoms with Crippen LogP contribution in [-0.2, 0) is 0 Å². The van der Waals surface area contributed by atoms with Crippen LogP contribution < -0.4 is 10.6 Å². The molecule has 0 saturated carbocycles. The van der Waals surface area contributed by atoms with Gasteiger partial charge in [-0.15, -0.1) is 0 Å². The minimum absolute atomic E-state index is 0.422. The van der Waals surface area contributed by atoms with E-state index in [0.717, 1.165) is 23.1 Å². The Labute approximate surface area is 124 Å². The summed E-state index contributed by atoms with van der Waals surface area (Å²) in [4.78, 5) is 6.59. The molecule has 3 nitrogen and oxygen atoms in total. The molecule has 2 rings (SSSR count). The van der Waals surface area contributed by atoms with Crippen LogP contribution in [0.1, 0.15) is 39.0 Å². The Kier molecular flexibility index (Phi) is 5.25. The number of aliphatic imine (C=N–C) groups is 1. The van der Waals surface area contributed by atoms with E-state index in [1.165, 1.54) is 25.7 Å². The molecule has 2 N–H and O–H groups in total. The summed E-state index contributed by atoms with van der Waals surface area (Å²) in [7, 11) is 0. The van der Waals surface area contributed by atoms with Gasteiger partial charge in [0.2, 0.25) is 0 Å². The quantitative estimate of drug-likeness (QED) is 0.806. The molecule has 0 saturated heterocycles. The van der Waals surface area contributed by atoms with Gasteiger partial charge in [0.15, 0.2) is 5.96 Å². The fraction of sp³-hybridized carbons (Fsp3) is 0.533. The van der Waals surface area contributed by atoms with Crippen molar-refractivity contribution in [3.8, 4) is 0 Å². The topological polar surface area (TPSA) is 41.6 Å². The highest BCUT2D eigenvalue weighted by Gasteiger charge is 2.26. The van der Waals surface area contributed by atoms with Crippen LogP contribution in [0.25, 0.3) is 0 Å². The molecule has 0 bridgehead atoms. The molecule has 1 heterocycles. The summed E-state index contributed by atoms with van der Waals surface area (Å²) >= 11 is 3.51. The van der Waals surface area contributed by atoms with E-state index in [-0.39, 0.29) is 0 Å². The van der Waals surface area contributed by atoms with Gasteiger partial charge in [0, 0.05) is 10.2 Å². The van der Waals surface area contributed by atoms with Crippen molar-refractivity contribution in [1.29, 1.82) is 0 Å². The molecule has 1 atom stereocenters. The molecule has 0 spiro atoms. The van der Waals surface area contributed by atoms with Gasteiger partial charge >= 0.3 is 0 Å². The van der Waals surface area contributed by atoms with E-state index in [2.05, 4.69) is 44.9 Å². The lowest BCUT2D eigenvalue weighted by molar-refractivity contribution is 0.565. The van der Waals surface area contributed by atoms with Crippen LogP contribution >= 0.6 is 15.9 Å². The van der Waals surface area contributed by atoms with Gasteiger partial charge in [-0.05, 0) is 24.6 Å². The van der Waals surface area contributed by atoms with Crippen molar-refractivity contribution in [2.75, 3.05) is 11.4 Å². The average molecular weight is 324 g/mol. The number of guanidine groups is 1. The molecule has 4 heteroatoms. The van der Waals surface area contributed by atoms with Crippen LogP contribution in [-0.4, -0.2) is 18.5 Å². The second-order valence-corrected chi connectivity index (χ2v) is 5.97. The molecule has 1 aliphatic rings. The van der Waals surface area contributed by atoms with E-state index >= 15 is 0 Å². The van der Waals surface area contributed by atoms with Gasteiger partial charge in [-0.25, -0.2) is 0 Å². The van der Waals surface area contributed by atoms with Crippen molar-refractivity contribution < 1.29 is 0 Å². The maximum Gasteiger partial charge on any atom is 0.196 e. The molecule has 1 unspecified atom stereocenters. The van der Waals surface area contributed by atoms with Crippen LogP contribution in [0.5, 0.6) is 0 Å². The second-order valence-electron chi connectivity index (χ2n) is 5.05. The van der Waals surface area contributed by atoms with Crippen molar-refractivity contribution in [2.24, 2.45) is 10.7 Å². The highest BCUT2D eigenvalue weighted by atomic mass is 79.9. The Bertz CT molecular complexity index is 445. The molecule has 0 amide bonds. The first-order valence-corrected chi connectivity index (χ1v) is 7.86. The van der Waals surface area contributed by atoms with Gasteiger partial charge in [-0.2, -0.15) is 0 Å². The summed E-state index contributed by atoms with van der Waals surface area (Å²) in [5.74, 6) is 0.651. The molecule has 1 aromatic rings. The third kappa shape index (κ3) is 3.72. The average Bonchev–Trinajstić information content (AvgIpc) is 2.76. The number of anilines is 1. The zero-order valence-electron chi connectivity index (χ0n) is 11.5. The minimum Gasteiger partial charge on any atom is -0.370 e. The fourth-order valence-electron chi connectivity index (χ4n) is 2.54. The first-order valence-electron chi connectivity index (χ1n) is 7.07. The van der Waals surface area contributed by atoms with Crippen molar-refractivity contribution in [3.05, 3.63) is 28.7 Å². The Morgan fingerprint density at radius 3 is 2.95 bits per heavy atom. The van der Waals surface area contributed by atoms with Gasteiger partial charge in [0.1, 0.15) is 0 Å². The van der Waals surface area contributed by atoms with E-state index in [4.69, 9.17) is 5.73 Å². The predicted octanol–water partition coefficient (Wildman–Crippen LogP) is 3.92. The Morgan fingerprint density at radius 2 is 2.21 bits per heavy atom. The fourth-order valence-corrected chi connectivity index (χ4v) is 2.93. The first kappa shape index (κ1) is 14.4. The summed E-state index contributed by atoms with van der Waals surface area (Å²) in [6, 6.07) is 8.69. The van der Waals surface area contributed by atoms with E-state index < -0.39 is 0 Å². The summed E-state index contributed by atoms with van der Waals surface area (Å²) in [6.07, 6.45) is 6.32. The third-order valence-corrected chi connectivity index (χ3v) is 4.05. The first-order chi connectivity index (χ1) is 9.22. The predicted molar refractivity (Wildman–Crippen MR) is 85.7 cm³/mol. The largest absolute Gasteiger partial charge is 0.370 e. The normalized spacial score (nSPS) is 18.7. The Morgan fingerprint density at radius 1 is 1.37 bits per heavy atom. The van der Waals surface area contributed by atoms with E-state index in [1.807, 2.05) is 12.1 Å². The number of nitrogens with two attached hydrogens (primary N) is 1. The number of benzene rings is 1. The second kappa shape index (κ2) is 6.94. The highest BCUT2D eigenvalue weighted by Crippen LogP contribution is 2.26. The molecular formula is C15H22BrN3. The zero-order chi connectivity index (χ0) is 13.7. The number of rotatable bonds is 6. The molecule has 19 heavy (non-hydrogen) atoms. The number of hydrogen-bond acceptors (Lipinski definition) is 3. The van der Waals surface area contributed by atoms with Gasteiger partial charge in [-0.3, -0.25) is 4.99 Å². The van der Waals surface area contributed by atoms with Crippen molar-refractivity contribution >= 4 is 27.6 Å². The van der Waals surface area contributed by atoms with Crippen molar-refractivity contribution in [1.82, 2.24) is 0 Å². The highest BCUT2D eigenvalue weighted by molar-refractivity contribution is 9.10. The monoisotopic (exact) mass is 323 g/mol. The van der Waals surface area contributed by atoms with Crippen LogP contribution in [0.4, 0.5) is 5.69 Å². The summed E-state index contributed by atoms with van der Waals surface area (Å²) in [5, 5.41) is 0. The van der Waals surface area contributed by atoms with E-state index in [0.29, 0.717) is 12.0 Å². The number of unbranched alkanes of at least 4 members (excludes halogenated alkanes) is 3. The maximum atomic E-state index is 6.04. The molecule has 1 aromatic carbocycles. The van der Waals surface area contributed by atoms with Crippen molar-refractivity contribution in [3.63, 3.8) is 0 Å². The maximum absolute atomic E-state index is 6.04. The van der Waals surface area contributed by atoms with Crippen LogP contribution in [0.15, 0.2) is 33.7 Å². The standard InChI is InChI=1S/C15H22BrN3/c1-2-3-4-5-8-14-11-18-15(17)19(14)13-9-6-7-12(16)10-13/h6-7,9-10,14H,2-5,8,11H2,1H3,(H2,17,18). The van der Waals surface area contributed by atoms with Gasteiger partial charge in [-0.1, -0.05) is 54.6 Å². The summed E-state index contributed by atoms with van der Waals surface area (Å²) in [6.45, 7) is 3.06. The number of nitrogens with zero attached hydrogens (tertiary/aromatic N) is 2. The Balaban J connectivity index is 2.01. The number of halogens is 1. The van der Waals surface area contributed by atoms with Crippen LogP contribution in [0.2, 0.25) is 0 Å². The lowest BCUT2D eigenvalue weighted by Gasteiger charge is -2.26. The summed E-state index contributed by atoms with van der Waals surface area (Å²) < 4.78 is 1.08. The number of hydrogen-bond donors (Lipinski definition) is 1. The Hall–Kier alpha value is -1.03. The van der Waals surface area contributed by atoms with Crippen LogP contribution in [0.3, 0.4) is 0 Å². The zero-order valence-corrected chi connectivity index (χ0v) is 13.1. The van der Waals surface area contributed by atoms with Gasteiger partial charge in [0.05, 0.1) is 12.6 Å². The van der Waals surface area contributed by atoms with Crippen molar-refractivity contribution in [2.45, 2.75) is 45.1 Å². The molecule has 104 valence electrons. The SMILES string of the molecule is CCCCCCC1CN=C(N)N1c1cccc(Br)c1. The molecule has 0 radical (unpaired) electrons. The van der Waals surface area contributed by atoms with E-state index in [1.54, 1.807) is 0 Å². The lowest BCUT2D eigenvalue weighted by Crippen LogP contribution is -2.40. The lowest BCUT2D eigenvalue weighted by atomic mass is 10.1. The molecule has 0 aromatic heterocycles. The summed E-state index contributed by atoms with van der Waals surface area (Å²) in [5.41, 5.74) is 7.18. The van der Waals surface area contributed by atoms with Gasteiger partial charge < -0.3 is 10.6 Å². The van der Waals surface area contributed by atoms with Crippen LogP contribution in [0, 0.1) is 0 Å². The smallest absolute Gasteiger partial charge is 0.196 e. The van der Waals surface area contributed by atoms with Gasteiger partial charge in [0.25, 0.3) is 0 Å². The molecule has 0 aliphatic carbocycles. The van der Waals surface area contributed by atoms with E-state index in [9.17, 15) is 0 Å². The molecule has 0 fully saturated rings.